The fourth-order valence-electron chi connectivity index (χ4n) is 0.722. The number of hydrogen-bond acceptors (Lipinski definition) is 4. The summed E-state index contributed by atoms with van der Waals surface area (Å²) in [6.07, 6.45) is -0.286. The first-order valence-corrected chi connectivity index (χ1v) is 5.29. The van der Waals surface area contributed by atoms with Gasteiger partial charge in [-0.15, -0.1) is 0 Å². The van der Waals surface area contributed by atoms with E-state index in [2.05, 4.69) is 0 Å². The lowest BCUT2D eigenvalue weighted by atomic mass is 10.2. The van der Waals surface area contributed by atoms with Gasteiger partial charge in [0.1, 0.15) is 0 Å². The fourth-order valence-corrected chi connectivity index (χ4v) is 0.722. The Labute approximate surface area is 90.9 Å². The largest absolute Gasteiger partial charge is 0.425 e. The van der Waals surface area contributed by atoms with E-state index >= 15 is 0 Å². The number of ether oxygens (including phenoxy) is 2. The minimum Gasteiger partial charge on any atom is -0.425 e. The average Bonchev–Trinajstić information content (AvgIpc) is 2.15. The first-order chi connectivity index (χ1) is 6.88. The van der Waals surface area contributed by atoms with Crippen LogP contribution < -0.4 is 0 Å². The van der Waals surface area contributed by atoms with Crippen molar-refractivity contribution in [2.45, 2.75) is 47.3 Å². The predicted octanol–water partition coefficient (Wildman–Crippen LogP) is 2.12. The zero-order valence-electron chi connectivity index (χ0n) is 10.1. The summed E-state index contributed by atoms with van der Waals surface area (Å²) in [6.45, 7) is 8.74. The van der Waals surface area contributed by atoms with Gasteiger partial charge in [0.2, 0.25) is 6.29 Å². The van der Waals surface area contributed by atoms with Crippen LogP contribution in [0, 0.1) is 11.8 Å². The summed E-state index contributed by atoms with van der Waals surface area (Å²) in [5.41, 5.74) is 0. The van der Waals surface area contributed by atoms with Crippen LogP contribution in [0.3, 0.4) is 0 Å². The van der Waals surface area contributed by atoms with Crippen molar-refractivity contribution >= 4 is 11.9 Å². The molecule has 0 unspecified atom stereocenters. The molecule has 0 aromatic rings. The van der Waals surface area contributed by atoms with E-state index in [-0.39, 0.29) is 23.8 Å². The van der Waals surface area contributed by atoms with Crippen LogP contribution in [-0.2, 0) is 19.1 Å². The molecular weight excluding hydrogens is 196 g/mol. The van der Waals surface area contributed by atoms with E-state index < -0.39 is 6.29 Å². The van der Waals surface area contributed by atoms with Crippen molar-refractivity contribution in [3.63, 3.8) is 0 Å². The normalized spacial score (nSPS) is 10.9. The first kappa shape index (κ1) is 13.9. The van der Waals surface area contributed by atoms with Crippen LogP contribution in [0.1, 0.15) is 41.0 Å². The predicted molar refractivity (Wildman–Crippen MR) is 55.9 cm³/mol. The molecule has 0 amide bonds. The molecule has 0 radical (unpaired) electrons. The molecule has 4 nitrogen and oxygen atoms in total. The standard InChI is InChI=1S/C11H20O4/c1-6-9(14-10(12)7(2)3)15-11(13)8(4)5/h7-9H,6H2,1-5H3. The highest BCUT2D eigenvalue weighted by molar-refractivity contribution is 5.73. The summed E-state index contributed by atoms with van der Waals surface area (Å²) in [5.74, 6) is -1.12. The molecule has 0 bridgehead atoms. The summed E-state index contributed by atoms with van der Waals surface area (Å²) in [7, 11) is 0. The monoisotopic (exact) mass is 216 g/mol. The Hall–Kier alpha value is -1.06. The summed E-state index contributed by atoms with van der Waals surface area (Å²) >= 11 is 0. The lowest BCUT2D eigenvalue weighted by Crippen LogP contribution is -2.27. The van der Waals surface area contributed by atoms with Crippen molar-refractivity contribution < 1.29 is 19.1 Å². The fraction of sp³-hybridized carbons (Fsp3) is 0.818. The molecule has 0 aliphatic carbocycles. The van der Waals surface area contributed by atoms with Crippen molar-refractivity contribution in [2.24, 2.45) is 11.8 Å². The van der Waals surface area contributed by atoms with Gasteiger partial charge in [-0.05, 0) is 0 Å². The molecule has 0 rings (SSSR count). The Morgan fingerprint density at radius 1 is 0.933 bits per heavy atom. The second-order valence-corrected chi connectivity index (χ2v) is 4.02. The second-order valence-electron chi connectivity index (χ2n) is 4.02. The molecule has 0 saturated carbocycles. The van der Waals surface area contributed by atoms with Gasteiger partial charge in [0.15, 0.2) is 0 Å². The quantitative estimate of drug-likeness (QED) is 0.521. The molecule has 0 fully saturated rings. The van der Waals surface area contributed by atoms with E-state index in [0.717, 1.165) is 0 Å². The molecule has 4 heteroatoms. The van der Waals surface area contributed by atoms with Crippen LogP contribution in [-0.4, -0.2) is 18.2 Å². The third-order valence-electron chi connectivity index (χ3n) is 1.77. The van der Waals surface area contributed by atoms with Gasteiger partial charge in [-0.1, -0.05) is 34.6 Å². The topological polar surface area (TPSA) is 52.6 Å². The van der Waals surface area contributed by atoms with Gasteiger partial charge in [0.25, 0.3) is 0 Å². The molecule has 0 saturated heterocycles. The van der Waals surface area contributed by atoms with Gasteiger partial charge in [0.05, 0.1) is 11.8 Å². The van der Waals surface area contributed by atoms with Crippen molar-refractivity contribution in [1.29, 1.82) is 0 Å². The lowest BCUT2D eigenvalue weighted by Gasteiger charge is -2.18. The highest BCUT2D eigenvalue weighted by Crippen LogP contribution is 2.08. The van der Waals surface area contributed by atoms with E-state index in [0.29, 0.717) is 6.42 Å². The molecule has 0 aliphatic rings. The Bertz CT molecular complexity index is 199. The summed E-state index contributed by atoms with van der Waals surface area (Å²) in [6, 6.07) is 0. The van der Waals surface area contributed by atoms with Gasteiger partial charge < -0.3 is 9.47 Å². The highest BCUT2D eigenvalue weighted by Gasteiger charge is 2.20. The van der Waals surface area contributed by atoms with Crippen LogP contribution in [0.4, 0.5) is 0 Å². The number of rotatable bonds is 5. The molecule has 15 heavy (non-hydrogen) atoms. The minimum absolute atomic E-state index is 0.211. The molecule has 0 heterocycles. The van der Waals surface area contributed by atoms with E-state index in [4.69, 9.17) is 9.47 Å². The zero-order valence-corrected chi connectivity index (χ0v) is 10.1. The van der Waals surface area contributed by atoms with Crippen LogP contribution >= 0.6 is 0 Å². The van der Waals surface area contributed by atoms with Gasteiger partial charge >= 0.3 is 11.9 Å². The third-order valence-corrected chi connectivity index (χ3v) is 1.77. The smallest absolute Gasteiger partial charge is 0.311 e. The number of carbonyl (C=O) groups excluding carboxylic acids is 2. The van der Waals surface area contributed by atoms with Crippen molar-refractivity contribution in [1.82, 2.24) is 0 Å². The third kappa shape index (κ3) is 5.40. The van der Waals surface area contributed by atoms with Crippen LogP contribution in [0.5, 0.6) is 0 Å². The average molecular weight is 216 g/mol. The molecule has 0 N–H and O–H groups in total. The Morgan fingerprint density at radius 3 is 1.47 bits per heavy atom. The Morgan fingerprint density at radius 2 is 1.27 bits per heavy atom. The van der Waals surface area contributed by atoms with Crippen LogP contribution in [0.15, 0.2) is 0 Å². The van der Waals surface area contributed by atoms with Crippen LogP contribution in [0.2, 0.25) is 0 Å². The van der Waals surface area contributed by atoms with Crippen molar-refractivity contribution in [3.8, 4) is 0 Å². The maximum absolute atomic E-state index is 11.2. The van der Waals surface area contributed by atoms with Crippen molar-refractivity contribution in [2.75, 3.05) is 0 Å². The molecule has 0 spiro atoms. The molecule has 0 aliphatic heterocycles. The maximum atomic E-state index is 11.2. The van der Waals surface area contributed by atoms with Crippen molar-refractivity contribution in [3.05, 3.63) is 0 Å². The molecule has 0 aromatic carbocycles. The Balaban J connectivity index is 4.15. The van der Waals surface area contributed by atoms with Gasteiger partial charge in [-0.2, -0.15) is 0 Å². The number of carbonyl (C=O) groups is 2. The zero-order chi connectivity index (χ0) is 12.0. The summed E-state index contributed by atoms with van der Waals surface area (Å²) < 4.78 is 10.00. The molecule has 0 aromatic heterocycles. The van der Waals surface area contributed by atoms with E-state index in [1.165, 1.54) is 0 Å². The van der Waals surface area contributed by atoms with E-state index in [1.807, 2.05) is 0 Å². The second kappa shape index (κ2) is 6.43. The van der Waals surface area contributed by atoms with Gasteiger partial charge in [0, 0.05) is 6.42 Å². The minimum atomic E-state index is -0.755. The van der Waals surface area contributed by atoms with E-state index in [9.17, 15) is 9.59 Å². The van der Waals surface area contributed by atoms with Gasteiger partial charge in [-0.3, -0.25) is 9.59 Å². The number of hydrogen-bond donors (Lipinski definition) is 0. The summed E-state index contributed by atoms with van der Waals surface area (Å²) in [5, 5.41) is 0. The Kier molecular flexibility index (Phi) is 5.97. The van der Waals surface area contributed by atoms with Crippen LogP contribution in [0.25, 0.3) is 0 Å². The van der Waals surface area contributed by atoms with E-state index in [1.54, 1.807) is 34.6 Å². The molecule has 0 atom stereocenters. The number of esters is 2. The van der Waals surface area contributed by atoms with Gasteiger partial charge in [-0.25, -0.2) is 0 Å². The molecule has 88 valence electrons. The summed E-state index contributed by atoms with van der Waals surface area (Å²) in [4.78, 5) is 22.5. The SMILES string of the molecule is CCC(OC(=O)C(C)C)OC(=O)C(C)C. The highest BCUT2D eigenvalue weighted by atomic mass is 16.7. The first-order valence-electron chi connectivity index (χ1n) is 5.29. The lowest BCUT2D eigenvalue weighted by molar-refractivity contribution is -0.192. The molecular formula is C11H20O4. The maximum Gasteiger partial charge on any atom is 0.311 e.